The van der Waals surface area contributed by atoms with E-state index < -0.39 is 17.4 Å². The lowest BCUT2D eigenvalue weighted by atomic mass is 9.78. The maximum Gasteiger partial charge on any atom is 0.331 e. The van der Waals surface area contributed by atoms with E-state index in [1.807, 2.05) is 18.4 Å². The second kappa shape index (κ2) is 5.42. The Kier molecular flexibility index (Phi) is 3.75. The standard InChI is InChI=1S/C15H20N2O3S/c1-15(4-6-16-7-5-15)14(20)17-8-2-11-10(3-9-21-11)12(17)13(18)19/h3,9,12,16H,2,4-8H2,1H3,(H,18,19). The minimum Gasteiger partial charge on any atom is -0.479 e. The maximum absolute atomic E-state index is 13.0. The van der Waals surface area contributed by atoms with Gasteiger partial charge in [-0.25, -0.2) is 4.79 Å². The molecule has 2 aliphatic rings. The Labute approximate surface area is 128 Å². The molecule has 1 atom stereocenters. The van der Waals surface area contributed by atoms with Gasteiger partial charge in [-0.1, -0.05) is 6.92 Å². The third-order valence-electron chi connectivity index (χ3n) is 4.68. The fourth-order valence-electron chi connectivity index (χ4n) is 3.34. The van der Waals surface area contributed by atoms with Gasteiger partial charge in [0.2, 0.25) is 5.91 Å². The van der Waals surface area contributed by atoms with Crippen molar-refractivity contribution in [3.63, 3.8) is 0 Å². The van der Waals surface area contributed by atoms with Gasteiger partial charge in [0, 0.05) is 16.8 Å². The van der Waals surface area contributed by atoms with Crippen LogP contribution in [0.1, 0.15) is 36.2 Å². The largest absolute Gasteiger partial charge is 0.479 e. The molecule has 2 aliphatic heterocycles. The summed E-state index contributed by atoms with van der Waals surface area (Å²) < 4.78 is 0. The van der Waals surface area contributed by atoms with Crippen molar-refractivity contribution in [1.82, 2.24) is 10.2 Å². The topological polar surface area (TPSA) is 69.6 Å². The molecule has 21 heavy (non-hydrogen) atoms. The molecule has 0 radical (unpaired) electrons. The number of amides is 1. The zero-order valence-electron chi connectivity index (χ0n) is 12.1. The summed E-state index contributed by atoms with van der Waals surface area (Å²) in [5, 5.41) is 14.8. The van der Waals surface area contributed by atoms with Crippen molar-refractivity contribution in [3.8, 4) is 0 Å². The second-order valence-corrected chi connectivity index (χ2v) is 7.10. The molecule has 0 bridgehead atoms. The van der Waals surface area contributed by atoms with Gasteiger partial charge in [-0.05, 0) is 49.4 Å². The molecule has 3 rings (SSSR count). The zero-order valence-corrected chi connectivity index (χ0v) is 12.9. The Bertz CT molecular complexity index is 563. The van der Waals surface area contributed by atoms with Crippen molar-refractivity contribution in [2.24, 2.45) is 5.41 Å². The van der Waals surface area contributed by atoms with Crippen LogP contribution in [0.15, 0.2) is 11.4 Å². The number of rotatable bonds is 2. The van der Waals surface area contributed by atoms with E-state index >= 15 is 0 Å². The van der Waals surface area contributed by atoms with Crippen molar-refractivity contribution >= 4 is 23.2 Å². The smallest absolute Gasteiger partial charge is 0.331 e. The SMILES string of the molecule is CC1(C(=O)N2CCc3sccc3C2C(=O)O)CCNCC1. The summed E-state index contributed by atoms with van der Waals surface area (Å²) in [5.41, 5.74) is 0.358. The molecule has 0 saturated carbocycles. The molecule has 0 spiro atoms. The van der Waals surface area contributed by atoms with Gasteiger partial charge in [-0.2, -0.15) is 0 Å². The molecule has 6 heteroatoms. The highest BCUT2D eigenvalue weighted by Crippen LogP contribution is 2.38. The fourth-order valence-corrected chi connectivity index (χ4v) is 4.24. The van der Waals surface area contributed by atoms with Crippen LogP contribution in [0.3, 0.4) is 0 Å². The summed E-state index contributed by atoms with van der Waals surface area (Å²) in [6.45, 7) is 4.11. The first-order chi connectivity index (χ1) is 10.0. The normalized spacial score (nSPS) is 24.4. The van der Waals surface area contributed by atoms with Crippen LogP contribution in [0.5, 0.6) is 0 Å². The van der Waals surface area contributed by atoms with Gasteiger partial charge in [-0.3, -0.25) is 4.79 Å². The van der Waals surface area contributed by atoms with Crippen LogP contribution in [0.4, 0.5) is 0 Å². The summed E-state index contributed by atoms with van der Waals surface area (Å²) in [5.74, 6) is -0.937. The van der Waals surface area contributed by atoms with E-state index in [4.69, 9.17) is 0 Å². The first kappa shape index (κ1) is 14.5. The number of nitrogens with one attached hydrogen (secondary N) is 1. The monoisotopic (exact) mass is 308 g/mol. The number of fused-ring (bicyclic) bond motifs is 1. The molecule has 0 aliphatic carbocycles. The van der Waals surface area contributed by atoms with Gasteiger partial charge in [0.1, 0.15) is 0 Å². The van der Waals surface area contributed by atoms with E-state index in [-0.39, 0.29) is 5.91 Å². The predicted molar refractivity (Wildman–Crippen MR) is 80.3 cm³/mol. The molecule has 3 heterocycles. The van der Waals surface area contributed by atoms with Crippen LogP contribution in [0.25, 0.3) is 0 Å². The highest BCUT2D eigenvalue weighted by Gasteiger charge is 2.44. The van der Waals surface area contributed by atoms with Gasteiger partial charge < -0.3 is 15.3 Å². The Morgan fingerprint density at radius 3 is 2.81 bits per heavy atom. The molecule has 1 aromatic heterocycles. The Morgan fingerprint density at radius 2 is 2.14 bits per heavy atom. The number of aliphatic carboxylic acids is 1. The molecule has 1 aromatic rings. The lowest BCUT2D eigenvalue weighted by Crippen LogP contribution is -2.52. The summed E-state index contributed by atoms with van der Waals surface area (Å²) in [7, 11) is 0. The summed E-state index contributed by atoms with van der Waals surface area (Å²) in [6, 6.07) is 1.03. The zero-order chi connectivity index (χ0) is 15.0. The van der Waals surface area contributed by atoms with Crippen LogP contribution in [0.2, 0.25) is 0 Å². The highest BCUT2D eigenvalue weighted by atomic mass is 32.1. The van der Waals surface area contributed by atoms with Gasteiger partial charge in [0.15, 0.2) is 6.04 Å². The number of thiophene rings is 1. The van der Waals surface area contributed by atoms with E-state index in [2.05, 4.69) is 5.32 Å². The number of hydrogen-bond donors (Lipinski definition) is 2. The number of piperidine rings is 1. The number of carboxylic acids is 1. The highest BCUT2D eigenvalue weighted by molar-refractivity contribution is 7.10. The van der Waals surface area contributed by atoms with Crippen LogP contribution < -0.4 is 5.32 Å². The first-order valence-corrected chi connectivity index (χ1v) is 8.22. The van der Waals surface area contributed by atoms with E-state index in [1.165, 1.54) is 0 Å². The molecule has 0 aromatic carbocycles. The average Bonchev–Trinajstić information content (AvgIpc) is 2.94. The number of carboxylic acid groups (broad SMARTS) is 1. The minimum atomic E-state index is -0.930. The van der Waals surface area contributed by atoms with Crippen molar-refractivity contribution in [3.05, 3.63) is 21.9 Å². The molecule has 114 valence electrons. The van der Waals surface area contributed by atoms with Crippen molar-refractivity contribution in [2.45, 2.75) is 32.2 Å². The molecule has 2 N–H and O–H groups in total. The molecular weight excluding hydrogens is 288 g/mol. The van der Waals surface area contributed by atoms with Crippen molar-refractivity contribution < 1.29 is 14.7 Å². The van der Waals surface area contributed by atoms with Crippen molar-refractivity contribution in [1.29, 1.82) is 0 Å². The van der Waals surface area contributed by atoms with E-state index in [9.17, 15) is 14.7 Å². The molecule has 1 unspecified atom stereocenters. The van der Waals surface area contributed by atoms with Gasteiger partial charge in [-0.15, -0.1) is 11.3 Å². The predicted octanol–water partition coefficient (Wildman–Crippen LogP) is 1.65. The van der Waals surface area contributed by atoms with Crippen LogP contribution in [0, 0.1) is 5.41 Å². The van der Waals surface area contributed by atoms with Gasteiger partial charge in [0.05, 0.1) is 0 Å². The quantitative estimate of drug-likeness (QED) is 0.871. The van der Waals surface area contributed by atoms with Crippen LogP contribution >= 0.6 is 11.3 Å². The maximum atomic E-state index is 13.0. The number of nitrogens with zero attached hydrogens (tertiary/aromatic N) is 1. The summed E-state index contributed by atoms with van der Waals surface area (Å²) in [6.07, 6.45) is 2.30. The summed E-state index contributed by atoms with van der Waals surface area (Å²) >= 11 is 1.58. The van der Waals surface area contributed by atoms with Crippen LogP contribution in [-0.4, -0.2) is 41.5 Å². The first-order valence-electron chi connectivity index (χ1n) is 7.34. The Hall–Kier alpha value is -1.40. The van der Waals surface area contributed by atoms with Gasteiger partial charge >= 0.3 is 5.97 Å². The molecule has 1 fully saturated rings. The van der Waals surface area contributed by atoms with E-state index in [1.54, 1.807) is 16.2 Å². The molecule has 1 saturated heterocycles. The Balaban J connectivity index is 1.90. The van der Waals surface area contributed by atoms with E-state index in [0.29, 0.717) is 6.54 Å². The lowest BCUT2D eigenvalue weighted by Gasteiger charge is -2.41. The van der Waals surface area contributed by atoms with Gasteiger partial charge in [0.25, 0.3) is 0 Å². The van der Waals surface area contributed by atoms with E-state index in [0.717, 1.165) is 42.8 Å². The molecule has 5 nitrogen and oxygen atoms in total. The number of hydrogen-bond acceptors (Lipinski definition) is 4. The Morgan fingerprint density at radius 1 is 1.43 bits per heavy atom. The lowest BCUT2D eigenvalue weighted by molar-refractivity contribution is -0.156. The summed E-state index contributed by atoms with van der Waals surface area (Å²) in [4.78, 5) is 27.4. The second-order valence-electron chi connectivity index (χ2n) is 6.10. The van der Waals surface area contributed by atoms with Crippen molar-refractivity contribution in [2.75, 3.05) is 19.6 Å². The number of carbonyl (C=O) groups excluding carboxylic acids is 1. The van der Waals surface area contributed by atoms with Crippen LogP contribution in [-0.2, 0) is 16.0 Å². The minimum absolute atomic E-state index is 0.00625. The average molecular weight is 308 g/mol. The molecule has 1 amide bonds. The number of carbonyl (C=O) groups is 2. The third-order valence-corrected chi connectivity index (χ3v) is 5.68. The third kappa shape index (κ3) is 2.46. The fraction of sp³-hybridized carbons (Fsp3) is 0.600. The molecular formula is C15H20N2O3S.